The molecular formula is C14H19ClN2O2. The van der Waals surface area contributed by atoms with Gasteiger partial charge in [0.25, 0.3) is 0 Å². The zero-order valence-electron chi connectivity index (χ0n) is 11.5. The fourth-order valence-corrected chi connectivity index (χ4v) is 1.94. The molecule has 1 aromatic rings. The number of anilines is 1. The first kappa shape index (κ1) is 15.5. The normalized spacial score (nSPS) is 10.1. The summed E-state index contributed by atoms with van der Waals surface area (Å²) in [7, 11) is 0. The molecule has 104 valence electrons. The Morgan fingerprint density at radius 3 is 2.05 bits per heavy atom. The molecular weight excluding hydrogens is 264 g/mol. The molecule has 0 heterocycles. The number of hydrogen-bond donors (Lipinski definition) is 0. The third-order valence-corrected chi connectivity index (χ3v) is 3.18. The second kappa shape index (κ2) is 7.14. The van der Waals surface area contributed by atoms with Crippen molar-refractivity contribution in [2.24, 2.45) is 0 Å². The minimum Gasteiger partial charge on any atom is -0.342 e. The minimum atomic E-state index is -0.164. The number of amides is 2. The first-order valence-corrected chi connectivity index (χ1v) is 6.68. The highest BCUT2D eigenvalue weighted by atomic mass is 35.5. The van der Waals surface area contributed by atoms with E-state index < -0.39 is 0 Å². The van der Waals surface area contributed by atoms with Crippen LogP contribution in [0.15, 0.2) is 24.3 Å². The van der Waals surface area contributed by atoms with E-state index >= 15 is 0 Å². The van der Waals surface area contributed by atoms with E-state index in [1.807, 2.05) is 13.8 Å². The molecule has 0 unspecified atom stereocenters. The molecule has 0 atom stereocenters. The average Bonchev–Trinajstić information content (AvgIpc) is 2.38. The predicted octanol–water partition coefficient (Wildman–Crippen LogP) is 2.56. The molecule has 0 radical (unpaired) electrons. The zero-order valence-corrected chi connectivity index (χ0v) is 12.3. The largest absolute Gasteiger partial charge is 0.342 e. The van der Waals surface area contributed by atoms with Gasteiger partial charge in [-0.3, -0.25) is 9.59 Å². The summed E-state index contributed by atoms with van der Waals surface area (Å²) in [5.41, 5.74) is 0.678. The van der Waals surface area contributed by atoms with E-state index in [9.17, 15) is 9.59 Å². The Morgan fingerprint density at radius 2 is 1.63 bits per heavy atom. The standard InChI is InChI=1S/C14H19ClN2O2/c1-4-16(5-2)14(19)10-17(11(3)18)13-8-6-12(15)7-9-13/h6-9H,4-5,10H2,1-3H3. The maximum absolute atomic E-state index is 12.1. The lowest BCUT2D eigenvalue weighted by atomic mass is 10.2. The van der Waals surface area contributed by atoms with Crippen molar-refractivity contribution in [3.8, 4) is 0 Å². The lowest BCUT2D eigenvalue weighted by Crippen LogP contribution is -2.42. The summed E-state index contributed by atoms with van der Waals surface area (Å²) in [5.74, 6) is -0.224. The maximum atomic E-state index is 12.1. The highest BCUT2D eigenvalue weighted by Crippen LogP contribution is 2.18. The summed E-state index contributed by atoms with van der Waals surface area (Å²) < 4.78 is 0. The number of hydrogen-bond acceptors (Lipinski definition) is 2. The highest BCUT2D eigenvalue weighted by Gasteiger charge is 2.18. The Bertz CT molecular complexity index is 441. The van der Waals surface area contributed by atoms with Gasteiger partial charge in [-0.15, -0.1) is 0 Å². The molecule has 0 bridgehead atoms. The minimum absolute atomic E-state index is 0.0542. The molecule has 0 spiro atoms. The Kier molecular flexibility index (Phi) is 5.83. The topological polar surface area (TPSA) is 40.6 Å². The van der Waals surface area contributed by atoms with Crippen LogP contribution in [-0.4, -0.2) is 36.3 Å². The molecule has 0 saturated heterocycles. The summed E-state index contributed by atoms with van der Waals surface area (Å²) in [4.78, 5) is 26.9. The van der Waals surface area contributed by atoms with Crippen molar-refractivity contribution in [1.82, 2.24) is 4.90 Å². The lowest BCUT2D eigenvalue weighted by molar-refractivity contribution is -0.130. The molecule has 0 aliphatic rings. The molecule has 0 aliphatic carbocycles. The van der Waals surface area contributed by atoms with Gasteiger partial charge in [0.15, 0.2) is 0 Å². The van der Waals surface area contributed by atoms with Crippen LogP contribution in [0, 0.1) is 0 Å². The number of halogens is 1. The van der Waals surface area contributed by atoms with Crippen LogP contribution in [0.25, 0.3) is 0 Å². The van der Waals surface area contributed by atoms with Gasteiger partial charge in [0.2, 0.25) is 11.8 Å². The van der Waals surface area contributed by atoms with Crippen LogP contribution in [0.3, 0.4) is 0 Å². The van der Waals surface area contributed by atoms with E-state index in [-0.39, 0.29) is 18.4 Å². The van der Waals surface area contributed by atoms with E-state index in [4.69, 9.17) is 11.6 Å². The molecule has 4 nitrogen and oxygen atoms in total. The van der Waals surface area contributed by atoms with Crippen molar-refractivity contribution < 1.29 is 9.59 Å². The molecule has 5 heteroatoms. The van der Waals surface area contributed by atoms with Crippen LogP contribution in [0.2, 0.25) is 5.02 Å². The van der Waals surface area contributed by atoms with E-state index in [1.165, 1.54) is 11.8 Å². The van der Waals surface area contributed by atoms with Gasteiger partial charge in [-0.1, -0.05) is 11.6 Å². The van der Waals surface area contributed by atoms with Crippen LogP contribution in [0.4, 0.5) is 5.69 Å². The first-order valence-electron chi connectivity index (χ1n) is 6.31. The quantitative estimate of drug-likeness (QED) is 0.833. The number of nitrogens with zero attached hydrogens (tertiary/aromatic N) is 2. The van der Waals surface area contributed by atoms with Crippen molar-refractivity contribution >= 4 is 29.1 Å². The SMILES string of the molecule is CCN(CC)C(=O)CN(C(C)=O)c1ccc(Cl)cc1. The summed E-state index contributed by atoms with van der Waals surface area (Å²) in [6.07, 6.45) is 0. The number of likely N-dealkylation sites (N-methyl/N-ethyl adjacent to an activating group) is 1. The second-order valence-electron chi connectivity index (χ2n) is 4.15. The number of carbonyl (C=O) groups excluding carboxylic acids is 2. The van der Waals surface area contributed by atoms with Gasteiger partial charge in [0, 0.05) is 30.7 Å². The molecule has 0 N–H and O–H groups in total. The average molecular weight is 283 g/mol. The van der Waals surface area contributed by atoms with E-state index in [2.05, 4.69) is 0 Å². The fraction of sp³-hybridized carbons (Fsp3) is 0.429. The lowest BCUT2D eigenvalue weighted by Gasteiger charge is -2.25. The summed E-state index contributed by atoms with van der Waals surface area (Å²) in [5, 5.41) is 0.599. The number of rotatable bonds is 5. The van der Waals surface area contributed by atoms with Crippen LogP contribution in [-0.2, 0) is 9.59 Å². The zero-order chi connectivity index (χ0) is 14.4. The van der Waals surface area contributed by atoms with Crippen LogP contribution < -0.4 is 4.90 Å². The van der Waals surface area contributed by atoms with E-state index in [1.54, 1.807) is 29.2 Å². The molecule has 1 rings (SSSR count). The van der Waals surface area contributed by atoms with Gasteiger partial charge in [-0.05, 0) is 38.1 Å². The molecule has 0 aliphatic heterocycles. The van der Waals surface area contributed by atoms with Crippen LogP contribution in [0.5, 0.6) is 0 Å². The molecule has 0 saturated carbocycles. The maximum Gasteiger partial charge on any atom is 0.242 e. The smallest absolute Gasteiger partial charge is 0.242 e. The second-order valence-corrected chi connectivity index (χ2v) is 4.58. The third kappa shape index (κ3) is 4.24. The highest BCUT2D eigenvalue weighted by molar-refractivity contribution is 6.30. The fourth-order valence-electron chi connectivity index (χ4n) is 1.82. The summed E-state index contributed by atoms with van der Waals surface area (Å²) >= 11 is 5.82. The van der Waals surface area contributed by atoms with Gasteiger partial charge in [0.05, 0.1) is 0 Å². The predicted molar refractivity (Wildman–Crippen MR) is 77.4 cm³/mol. The first-order chi connectivity index (χ1) is 8.99. The van der Waals surface area contributed by atoms with Crippen molar-refractivity contribution in [3.05, 3.63) is 29.3 Å². The van der Waals surface area contributed by atoms with Gasteiger partial charge in [-0.2, -0.15) is 0 Å². The molecule has 1 aromatic carbocycles. The van der Waals surface area contributed by atoms with Crippen molar-refractivity contribution in [1.29, 1.82) is 0 Å². The van der Waals surface area contributed by atoms with E-state index in [0.29, 0.717) is 23.8 Å². The summed E-state index contributed by atoms with van der Waals surface area (Å²) in [6, 6.07) is 6.88. The molecule has 2 amide bonds. The van der Waals surface area contributed by atoms with Gasteiger partial charge < -0.3 is 9.80 Å². The molecule has 0 fully saturated rings. The Balaban J connectivity index is 2.87. The number of benzene rings is 1. The van der Waals surface area contributed by atoms with Crippen molar-refractivity contribution in [3.63, 3.8) is 0 Å². The number of carbonyl (C=O) groups is 2. The van der Waals surface area contributed by atoms with Crippen LogP contribution >= 0.6 is 11.6 Å². The molecule has 19 heavy (non-hydrogen) atoms. The third-order valence-electron chi connectivity index (χ3n) is 2.93. The van der Waals surface area contributed by atoms with Crippen LogP contribution in [0.1, 0.15) is 20.8 Å². The van der Waals surface area contributed by atoms with Gasteiger partial charge in [-0.25, -0.2) is 0 Å². The Hall–Kier alpha value is -1.55. The summed E-state index contributed by atoms with van der Waals surface area (Å²) in [6.45, 7) is 6.62. The van der Waals surface area contributed by atoms with Gasteiger partial charge in [0.1, 0.15) is 6.54 Å². The molecule has 0 aromatic heterocycles. The van der Waals surface area contributed by atoms with Gasteiger partial charge >= 0.3 is 0 Å². The Labute approximate surface area is 118 Å². The van der Waals surface area contributed by atoms with Crippen molar-refractivity contribution in [2.75, 3.05) is 24.5 Å². The Morgan fingerprint density at radius 1 is 1.11 bits per heavy atom. The monoisotopic (exact) mass is 282 g/mol. The van der Waals surface area contributed by atoms with Crippen molar-refractivity contribution in [2.45, 2.75) is 20.8 Å². The van der Waals surface area contributed by atoms with E-state index in [0.717, 1.165) is 0 Å².